The largest absolute Gasteiger partial charge is 0.389 e. The second-order valence-corrected chi connectivity index (χ2v) is 3.88. The Kier molecular flexibility index (Phi) is 2.36. The number of likely N-dealkylation sites (tertiary alicyclic amines) is 1. The number of amides is 1. The van der Waals surface area contributed by atoms with Crippen molar-refractivity contribution in [2.45, 2.75) is 25.4 Å². The maximum Gasteiger partial charge on any atom is 0.226 e. The molecule has 1 unspecified atom stereocenters. The van der Waals surface area contributed by atoms with E-state index >= 15 is 0 Å². The molecule has 0 radical (unpaired) electrons. The van der Waals surface area contributed by atoms with E-state index in [2.05, 4.69) is 12.2 Å². The zero-order chi connectivity index (χ0) is 9.26. The van der Waals surface area contributed by atoms with Crippen LogP contribution in [0.2, 0.25) is 0 Å². The van der Waals surface area contributed by atoms with E-state index in [1.807, 2.05) is 0 Å². The van der Waals surface area contributed by atoms with Crippen LogP contribution in [0, 0.1) is 5.92 Å². The van der Waals surface area contributed by atoms with Gasteiger partial charge in [0, 0.05) is 19.0 Å². The summed E-state index contributed by atoms with van der Waals surface area (Å²) < 4.78 is 0. The molecular formula is C10H15NO2. The lowest BCUT2D eigenvalue weighted by Gasteiger charge is -2.38. The average Bonchev–Trinajstić information content (AvgIpc) is 2.13. The van der Waals surface area contributed by atoms with E-state index in [-0.39, 0.29) is 17.9 Å². The number of hydrogen-bond donors (Lipinski definition) is 1. The van der Waals surface area contributed by atoms with Crippen molar-refractivity contribution in [3.63, 3.8) is 0 Å². The molecule has 1 fully saturated rings. The molecular weight excluding hydrogens is 166 g/mol. The number of aliphatic hydroxyl groups is 1. The summed E-state index contributed by atoms with van der Waals surface area (Å²) in [6, 6.07) is 0. The number of carbonyl (C=O) groups excluding carboxylic acids is 1. The van der Waals surface area contributed by atoms with Crippen molar-refractivity contribution in [1.82, 2.24) is 4.90 Å². The molecule has 3 heteroatoms. The lowest BCUT2D eigenvalue weighted by Crippen LogP contribution is -2.55. The van der Waals surface area contributed by atoms with Gasteiger partial charge in [-0.2, -0.15) is 0 Å². The fraction of sp³-hybridized carbons (Fsp3) is 0.700. The monoisotopic (exact) mass is 181 g/mol. The SMILES string of the molecule is O=C(C1CC=CCC1)N1CC(O)C1. The van der Waals surface area contributed by atoms with E-state index in [0.29, 0.717) is 13.1 Å². The maximum atomic E-state index is 11.7. The average molecular weight is 181 g/mol. The molecule has 1 N–H and O–H groups in total. The Labute approximate surface area is 78.0 Å². The highest BCUT2D eigenvalue weighted by Crippen LogP contribution is 2.22. The number of rotatable bonds is 1. The van der Waals surface area contributed by atoms with Gasteiger partial charge < -0.3 is 10.0 Å². The van der Waals surface area contributed by atoms with Crippen molar-refractivity contribution in [3.8, 4) is 0 Å². The van der Waals surface area contributed by atoms with Crippen molar-refractivity contribution >= 4 is 5.91 Å². The number of β-amino-alcohol motifs (C(OH)–C–C–N with tert-alkyl or cyclic N) is 1. The van der Waals surface area contributed by atoms with Gasteiger partial charge in [-0.05, 0) is 19.3 Å². The van der Waals surface area contributed by atoms with Crippen LogP contribution in [-0.2, 0) is 4.79 Å². The van der Waals surface area contributed by atoms with Gasteiger partial charge in [-0.15, -0.1) is 0 Å². The van der Waals surface area contributed by atoms with E-state index in [0.717, 1.165) is 19.3 Å². The Morgan fingerprint density at radius 1 is 1.38 bits per heavy atom. The first-order valence-corrected chi connectivity index (χ1v) is 4.89. The standard InChI is InChI=1S/C10H15NO2/c12-9-6-11(7-9)10(13)8-4-2-1-3-5-8/h1-2,8-9,12H,3-7H2. The summed E-state index contributed by atoms with van der Waals surface area (Å²) in [5, 5.41) is 9.06. The normalized spacial score (nSPS) is 28.7. The van der Waals surface area contributed by atoms with E-state index < -0.39 is 0 Å². The molecule has 1 saturated heterocycles. The molecule has 1 heterocycles. The molecule has 0 aromatic heterocycles. The zero-order valence-electron chi connectivity index (χ0n) is 7.65. The Hall–Kier alpha value is -0.830. The summed E-state index contributed by atoms with van der Waals surface area (Å²) >= 11 is 0. The van der Waals surface area contributed by atoms with Gasteiger partial charge in [-0.1, -0.05) is 12.2 Å². The van der Waals surface area contributed by atoms with Crippen LogP contribution in [-0.4, -0.2) is 35.1 Å². The van der Waals surface area contributed by atoms with E-state index in [4.69, 9.17) is 5.11 Å². The van der Waals surface area contributed by atoms with Crippen LogP contribution in [0.1, 0.15) is 19.3 Å². The fourth-order valence-corrected chi connectivity index (χ4v) is 1.91. The fourth-order valence-electron chi connectivity index (χ4n) is 1.91. The number of hydrogen-bond acceptors (Lipinski definition) is 2. The molecule has 0 saturated carbocycles. The maximum absolute atomic E-state index is 11.7. The molecule has 1 amide bonds. The van der Waals surface area contributed by atoms with Gasteiger partial charge in [-0.25, -0.2) is 0 Å². The minimum Gasteiger partial charge on any atom is -0.389 e. The summed E-state index contributed by atoms with van der Waals surface area (Å²) in [6.45, 7) is 1.08. The number of nitrogens with zero attached hydrogens (tertiary/aromatic N) is 1. The molecule has 3 nitrogen and oxygen atoms in total. The van der Waals surface area contributed by atoms with Gasteiger partial charge in [0.25, 0.3) is 0 Å². The van der Waals surface area contributed by atoms with Crippen LogP contribution >= 0.6 is 0 Å². The minimum atomic E-state index is -0.275. The van der Waals surface area contributed by atoms with Crippen molar-refractivity contribution < 1.29 is 9.90 Å². The molecule has 1 aliphatic carbocycles. The van der Waals surface area contributed by atoms with Crippen LogP contribution in [0.3, 0.4) is 0 Å². The molecule has 1 atom stereocenters. The molecule has 0 aromatic carbocycles. The van der Waals surface area contributed by atoms with Crippen LogP contribution in [0.25, 0.3) is 0 Å². The quantitative estimate of drug-likeness (QED) is 0.600. The molecule has 0 spiro atoms. The summed E-state index contributed by atoms with van der Waals surface area (Å²) in [7, 11) is 0. The second-order valence-electron chi connectivity index (χ2n) is 3.88. The van der Waals surface area contributed by atoms with E-state index in [9.17, 15) is 4.79 Å². The molecule has 13 heavy (non-hydrogen) atoms. The molecule has 0 bridgehead atoms. The molecule has 0 aromatic rings. The third-order valence-corrected chi connectivity index (χ3v) is 2.79. The van der Waals surface area contributed by atoms with Crippen molar-refractivity contribution in [3.05, 3.63) is 12.2 Å². The summed E-state index contributed by atoms with van der Waals surface area (Å²) in [6.07, 6.45) is 6.82. The van der Waals surface area contributed by atoms with Crippen LogP contribution < -0.4 is 0 Å². The predicted molar refractivity (Wildman–Crippen MR) is 49.1 cm³/mol. The van der Waals surface area contributed by atoms with Crippen LogP contribution in [0.15, 0.2) is 12.2 Å². The van der Waals surface area contributed by atoms with Gasteiger partial charge >= 0.3 is 0 Å². The van der Waals surface area contributed by atoms with Gasteiger partial charge in [0.2, 0.25) is 5.91 Å². The first kappa shape index (κ1) is 8.75. The summed E-state index contributed by atoms with van der Waals surface area (Å²) in [4.78, 5) is 13.5. The van der Waals surface area contributed by atoms with Crippen LogP contribution in [0.5, 0.6) is 0 Å². The smallest absolute Gasteiger partial charge is 0.226 e. The Morgan fingerprint density at radius 3 is 2.69 bits per heavy atom. The molecule has 72 valence electrons. The number of carbonyl (C=O) groups is 1. The first-order chi connectivity index (χ1) is 6.27. The lowest BCUT2D eigenvalue weighted by molar-refractivity contribution is -0.145. The van der Waals surface area contributed by atoms with Crippen LogP contribution in [0.4, 0.5) is 0 Å². The number of allylic oxidation sites excluding steroid dienone is 2. The first-order valence-electron chi connectivity index (χ1n) is 4.89. The third kappa shape index (κ3) is 1.75. The van der Waals surface area contributed by atoms with Crippen molar-refractivity contribution in [1.29, 1.82) is 0 Å². The summed E-state index contributed by atoms with van der Waals surface area (Å²) in [5.74, 6) is 0.409. The van der Waals surface area contributed by atoms with Gasteiger partial charge in [0.15, 0.2) is 0 Å². The van der Waals surface area contributed by atoms with Crippen molar-refractivity contribution in [2.24, 2.45) is 5.92 Å². The molecule has 2 rings (SSSR count). The summed E-state index contributed by atoms with van der Waals surface area (Å²) in [5.41, 5.74) is 0. The molecule has 1 aliphatic heterocycles. The molecule has 2 aliphatic rings. The highest BCUT2D eigenvalue weighted by Gasteiger charge is 2.32. The zero-order valence-corrected chi connectivity index (χ0v) is 7.65. The van der Waals surface area contributed by atoms with E-state index in [1.54, 1.807) is 4.90 Å². The van der Waals surface area contributed by atoms with Gasteiger partial charge in [0.05, 0.1) is 6.10 Å². The predicted octanol–water partition coefficient (Wildman–Crippen LogP) is 0.546. The van der Waals surface area contributed by atoms with Crippen molar-refractivity contribution in [2.75, 3.05) is 13.1 Å². The Bertz CT molecular complexity index is 231. The Balaban J connectivity index is 1.86. The Morgan fingerprint density at radius 2 is 2.15 bits per heavy atom. The second kappa shape index (κ2) is 3.50. The number of aliphatic hydroxyl groups excluding tert-OH is 1. The lowest BCUT2D eigenvalue weighted by atomic mass is 9.92. The highest BCUT2D eigenvalue weighted by molar-refractivity contribution is 5.80. The highest BCUT2D eigenvalue weighted by atomic mass is 16.3. The van der Waals surface area contributed by atoms with E-state index in [1.165, 1.54) is 0 Å². The minimum absolute atomic E-state index is 0.178. The van der Waals surface area contributed by atoms with Gasteiger partial charge in [-0.3, -0.25) is 4.79 Å². The third-order valence-electron chi connectivity index (χ3n) is 2.79. The topological polar surface area (TPSA) is 40.5 Å². The van der Waals surface area contributed by atoms with Gasteiger partial charge in [0.1, 0.15) is 0 Å².